The van der Waals surface area contributed by atoms with Gasteiger partial charge in [0, 0.05) is 18.2 Å². The molecule has 0 aliphatic carbocycles. The average Bonchev–Trinajstić information content (AvgIpc) is 2.46. The Hall–Kier alpha value is -2.56. The first-order chi connectivity index (χ1) is 10.4. The molecule has 0 atom stereocenters. The van der Waals surface area contributed by atoms with Crippen LogP contribution in [0.15, 0.2) is 42.5 Å². The van der Waals surface area contributed by atoms with Crippen molar-refractivity contribution in [2.75, 3.05) is 0 Å². The van der Waals surface area contributed by atoms with Crippen LogP contribution in [0.25, 0.3) is 0 Å². The molecule has 0 saturated carbocycles. The molecular formula is C17H17NO4. The lowest BCUT2D eigenvalue weighted by Crippen LogP contribution is -2.32. The van der Waals surface area contributed by atoms with Gasteiger partial charge in [0.15, 0.2) is 0 Å². The highest BCUT2D eigenvalue weighted by atomic mass is 16.6. The first kappa shape index (κ1) is 14.4. The molecule has 0 spiro atoms. The molecule has 0 bridgehead atoms. The summed E-state index contributed by atoms with van der Waals surface area (Å²) in [6.07, 6.45) is 1.97. The molecule has 1 aliphatic rings. The van der Waals surface area contributed by atoms with Crippen molar-refractivity contribution >= 4 is 5.69 Å². The van der Waals surface area contributed by atoms with Crippen molar-refractivity contribution in [3.8, 4) is 17.2 Å². The highest BCUT2D eigenvalue weighted by Crippen LogP contribution is 2.36. The van der Waals surface area contributed by atoms with Crippen LogP contribution in [0.2, 0.25) is 0 Å². The Morgan fingerprint density at radius 2 is 1.82 bits per heavy atom. The molecule has 5 heteroatoms. The zero-order valence-electron chi connectivity index (χ0n) is 12.5. The quantitative estimate of drug-likeness (QED) is 0.618. The fourth-order valence-corrected chi connectivity index (χ4v) is 2.46. The Labute approximate surface area is 128 Å². The third kappa shape index (κ3) is 3.03. The molecular weight excluding hydrogens is 282 g/mol. The Bertz CT molecular complexity index is 707. The van der Waals surface area contributed by atoms with E-state index >= 15 is 0 Å². The van der Waals surface area contributed by atoms with Crippen LogP contribution in [0.4, 0.5) is 5.69 Å². The molecule has 22 heavy (non-hydrogen) atoms. The standard InChI is InChI=1S/C17H17NO4/c1-17(2)10-9-12-3-6-15(11-16(12)22-17)21-14-7-4-13(5-8-14)18(19)20/h3-8,11H,9-10H2,1-2H3. The number of hydrogen-bond donors (Lipinski definition) is 0. The van der Waals surface area contributed by atoms with Gasteiger partial charge in [-0.25, -0.2) is 0 Å². The lowest BCUT2D eigenvalue weighted by Gasteiger charge is -2.32. The number of rotatable bonds is 3. The largest absolute Gasteiger partial charge is 0.487 e. The van der Waals surface area contributed by atoms with Gasteiger partial charge in [0.2, 0.25) is 0 Å². The number of nitro groups is 1. The third-order valence-electron chi connectivity index (χ3n) is 3.70. The van der Waals surface area contributed by atoms with Gasteiger partial charge in [-0.05, 0) is 50.5 Å². The maximum absolute atomic E-state index is 10.6. The zero-order chi connectivity index (χ0) is 15.7. The van der Waals surface area contributed by atoms with Crippen molar-refractivity contribution in [1.29, 1.82) is 0 Å². The molecule has 3 rings (SSSR count). The number of non-ortho nitro benzene ring substituents is 1. The van der Waals surface area contributed by atoms with E-state index in [9.17, 15) is 10.1 Å². The van der Waals surface area contributed by atoms with E-state index in [1.807, 2.05) is 18.2 Å². The lowest BCUT2D eigenvalue weighted by atomic mass is 9.94. The number of ether oxygens (including phenoxy) is 2. The summed E-state index contributed by atoms with van der Waals surface area (Å²) in [5.41, 5.74) is 1.05. The molecule has 0 N–H and O–H groups in total. The van der Waals surface area contributed by atoms with Crippen molar-refractivity contribution in [3.63, 3.8) is 0 Å². The van der Waals surface area contributed by atoms with Gasteiger partial charge in [0.05, 0.1) is 4.92 Å². The Morgan fingerprint density at radius 1 is 1.14 bits per heavy atom. The van der Waals surface area contributed by atoms with Gasteiger partial charge in [-0.1, -0.05) is 6.07 Å². The van der Waals surface area contributed by atoms with Gasteiger partial charge in [-0.2, -0.15) is 0 Å². The summed E-state index contributed by atoms with van der Waals surface area (Å²) in [7, 11) is 0. The van der Waals surface area contributed by atoms with Crippen LogP contribution in [0.3, 0.4) is 0 Å². The molecule has 5 nitrogen and oxygen atoms in total. The van der Waals surface area contributed by atoms with Crippen LogP contribution in [-0.2, 0) is 6.42 Å². The highest BCUT2D eigenvalue weighted by Gasteiger charge is 2.26. The van der Waals surface area contributed by atoms with E-state index in [2.05, 4.69) is 13.8 Å². The molecule has 0 amide bonds. The maximum Gasteiger partial charge on any atom is 0.269 e. The summed E-state index contributed by atoms with van der Waals surface area (Å²) in [5.74, 6) is 2.06. The molecule has 0 radical (unpaired) electrons. The smallest absolute Gasteiger partial charge is 0.269 e. The summed E-state index contributed by atoms with van der Waals surface area (Å²) in [5, 5.41) is 10.6. The summed E-state index contributed by atoms with van der Waals surface area (Å²) >= 11 is 0. The summed E-state index contributed by atoms with van der Waals surface area (Å²) in [6.45, 7) is 4.14. The van der Waals surface area contributed by atoms with Crippen molar-refractivity contribution < 1.29 is 14.4 Å². The molecule has 0 fully saturated rings. The number of nitro benzene ring substituents is 1. The van der Waals surface area contributed by atoms with E-state index in [1.165, 1.54) is 17.7 Å². The molecule has 2 aromatic rings. The minimum absolute atomic E-state index is 0.0443. The predicted octanol–water partition coefficient (Wildman–Crippen LogP) is 4.49. The SMILES string of the molecule is CC1(C)CCc2ccc(Oc3ccc([N+](=O)[O-])cc3)cc2O1. The predicted molar refractivity (Wildman–Crippen MR) is 82.6 cm³/mol. The van der Waals surface area contributed by atoms with Gasteiger partial charge >= 0.3 is 0 Å². The monoisotopic (exact) mass is 299 g/mol. The minimum Gasteiger partial charge on any atom is -0.487 e. The highest BCUT2D eigenvalue weighted by molar-refractivity contribution is 5.45. The summed E-state index contributed by atoms with van der Waals surface area (Å²) < 4.78 is 11.7. The summed E-state index contributed by atoms with van der Waals surface area (Å²) in [6, 6.07) is 11.8. The molecule has 0 unspecified atom stereocenters. The van der Waals surface area contributed by atoms with E-state index in [0.717, 1.165) is 18.6 Å². The fourth-order valence-electron chi connectivity index (χ4n) is 2.46. The second-order valence-corrected chi connectivity index (χ2v) is 5.98. The number of benzene rings is 2. The van der Waals surface area contributed by atoms with Gasteiger partial charge in [0.25, 0.3) is 5.69 Å². The minimum atomic E-state index is -0.432. The second kappa shape index (κ2) is 5.33. The van der Waals surface area contributed by atoms with Crippen molar-refractivity contribution in [3.05, 3.63) is 58.1 Å². The molecule has 2 aromatic carbocycles. The fraction of sp³-hybridized carbons (Fsp3) is 0.294. The third-order valence-corrected chi connectivity index (χ3v) is 3.70. The molecule has 0 saturated heterocycles. The zero-order valence-corrected chi connectivity index (χ0v) is 12.5. The van der Waals surface area contributed by atoms with Gasteiger partial charge in [-0.15, -0.1) is 0 Å². The van der Waals surface area contributed by atoms with Crippen LogP contribution in [0.1, 0.15) is 25.8 Å². The van der Waals surface area contributed by atoms with Crippen molar-refractivity contribution in [2.24, 2.45) is 0 Å². The van der Waals surface area contributed by atoms with Crippen molar-refractivity contribution in [2.45, 2.75) is 32.3 Å². The first-order valence-electron chi connectivity index (χ1n) is 7.17. The Balaban J connectivity index is 1.80. The number of fused-ring (bicyclic) bond motifs is 1. The van der Waals surface area contributed by atoms with E-state index in [4.69, 9.17) is 9.47 Å². The van der Waals surface area contributed by atoms with Crippen LogP contribution >= 0.6 is 0 Å². The van der Waals surface area contributed by atoms with Gasteiger partial charge in [0.1, 0.15) is 22.8 Å². The molecule has 1 heterocycles. The van der Waals surface area contributed by atoms with Crippen LogP contribution in [0.5, 0.6) is 17.2 Å². The number of hydrogen-bond acceptors (Lipinski definition) is 4. The number of nitrogens with zero attached hydrogens (tertiary/aromatic N) is 1. The van der Waals surface area contributed by atoms with E-state index < -0.39 is 4.92 Å². The van der Waals surface area contributed by atoms with E-state index in [0.29, 0.717) is 11.5 Å². The average molecular weight is 299 g/mol. The Kier molecular flexibility index (Phi) is 3.48. The molecule has 0 aromatic heterocycles. The van der Waals surface area contributed by atoms with E-state index in [-0.39, 0.29) is 11.3 Å². The van der Waals surface area contributed by atoms with Crippen LogP contribution in [0, 0.1) is 10.1 Å². The normalized spacial score (nSPS) is 15.5. The second-order valence-electron chi connectivity index (χ2n) is 5.98. The number of aryl methyl sites for hydroxylation is 1. The first-order valence-corrected chi connectivity index (χ1v) is 7.17. The Morgan fingerprint density at radius 3 is 2.50 bits per heavy atom. The van der Waals surface area contributed by atoms with Gasteiger partial charge < -0.3 is 9.47 Å². The maximum atomic E-state index is 10.6. The molecule has 1 aliphatic heterocycles. The lowest BCUT2D eigenvalue weighted by molar-refractivity contribution is -0.384. The topological polar surface area (TPSA) is 61.6 Å². The van der Waals surface area contributed by atoms with Crippen molar-refractivity contribution in [1.82, 2.24) is 0 Å². The van der Waals surface area contributed by atoms with Crippen LogP contribution < -0.4 is 9.47 Å². The summed E-state index contributed by atoms with van der Waals surface area (Å²) in [4.78, 5) is 10.2. The van der Waals surface area contributed by atoms with Gasteiger partial charge in [-0.3, -0.25) is 10.1 Å². The molecule has 114 valence electrons. The van der Waals surface area contributed by atoms with E-state index in [1.54, 1.807) is 12.1 Å². The van der Waals surface area contributed by atoms with Crippen LogP contribution in [-0.4, -0.2) is 10.5 Å².